The largest absolute Gasteiger partial charge is 0.478 e. The molecular formula is C20H14O7S. The summed E-state index contributed by atoms with van der Waals surface area (Å²) >= 11 is 0. The van der Waals surface area contributed by atoms with Crippen molar-refractivity contribution in [2.45, 2.75) is 4.90 Å². The Balaban J connectivity index is 2.21. The summed E-state index contributed by atoms with van der Waals surface area (Å²) in [4.78, 5) is 21.7. The van der Waals surface area contributed by atoms with Gasteiger partial charge in [-0.25, -0.2) is 9.59 Å². The molecule has 0 saturated heterocycles. The molecule has 142 valence electrons. The molecule has 0 fully saturated rings. The summed E-state index contributed by atoms with van der Waals surface area (Å²) in [6.45, 7) is 0. The van der Waals surface area contributed by atoms with E-state index >= 15 is 0 Å². The van der Waals surface area contributed by atoms with Gasteiger partial charge in [0, 0.05) is 11.1 Å². The van der Waals surface area contributed by atoms with Crippen LogP contribution in [0.4, 0.5) is 0 Å². The predicted octanol–water partition coefficient (Wildman–Crippen LogP) is 3.66. The minimum absolute atomic E-state index is 0.0394. The monoisotopic (exact) mass is 398 g/mol. The highest BCUT2D eigenvalue weighted by molar-refractivity contribution is 7.86. The molecule has 0 atom stereocenters. The number of aromatic carboxylic acids is 2. The van der Waals surface area contributed by atoms with Crippen molar-refractivity contribution >= 4 is 22.1 Å². The van der Waals surface area contributed by atoms with E-state index < -0.39 is 22.1 Å². The number of hydrogen-bond acceptors (Lipinski definition) is 4. The smallest absolute Gasteiger partial charge is 0.335 e. The van der Waals surface area contributed by atoms with E-state index in [2.05, 4.69) is 0 Å². The van der Waals surface area contributed by atoms with Crippen LogP contribution >= 0.6 is 0 Å². The molecule has 3 rings (SSSR count). The first-order valence-corrected chi connectivity index (χ1v) is 9.40. The summed E-state index contributed by atoms with van der Waals surface area (Å²) in [6, 6.07) is 15.7. The lowest BCUT2D eigenvalue weighted by Gasteiger charge is -2.13. The Kier molecular flexibility index (Phi) is 5.00. The molecule has 0 radical (unpaired) electrons. The highest BCUT2D eigenvalue weighted by atomic mass is 32.2. The second kappa shape index (κ2) is 7.26. The molecule has 0 unspecified atom stereocenters. The van der Waals surface area contributed by atoms with Crippen molar-refractivity contribution < 1.29 is 32.8 Å². The molecule has 3 aromatic rings. The summed E-state index contributed by atoms with van der Waals surface area (Å²) in [5.41, 5.74) is 1.27. The van der Waals surface area contributed by atoms with Crippen molar-refractivity contribution in [1.82, 2.24) is 0 Å². The maximum atomic E-state index is 12.1. The number of hydrogen-bond donors (Lipinski definition) is 3. The number of carboxylic acid groups (broad SMARTS) is 2. The first-order chi connectivity index (χ1) is 13.2. The van der Waals surface area contributed by atoms with Crippen LogP contribution in [0.3, 0.4) is 0 Å². The molecular weight excluding hydrogens is 384 g/mol. The zero-order valence-electron chi connectivity index (χ0n) is 14.2. The summed E-state index contributed by atoms with van der Waals surface area (Å²) in [5, 5.41) is 18.0. The topological polar surface area (TPSA) is 129 Å². The molecule has 28 heavy (non-hydrogen) atoms. The standard InChI is InChI=1S/C20H14O7S/c21-19(22)14-8-4-12(5-9-14)16-2-1-3-17(18(16)28(25,26)27)13-6-10-15(11-7-13)20(23)24/h1-11H,(H,21,22)(H,23,24)(H,25,26,27). The normalized spacial score (nSPS) is 11.2. The second-order valence-electron chi connectivity index (χ2n) is 5.92. The molecule has 0 aliphatic carbocycles. The van der Waals surface area contributed by atoms with Crippen LogP contribution in [-0.2, 0) is 10.1 Å². The van der Waals surface area contributed by atoms with E-state index in [0.717, 1.165) is 0 Å². The quantitative estimate of drug-likeness (QED) is 0.559. The Hall–Kier alpha value is -3.49. The minimum atomic E-state index is -4.65. The molecule has 0 amide bonds. The molecule has 0 aromatic heterocycles. The molecule has 8 heteroatoms. The van der Waals surface area contributed by atoms with Gasteiger partial charge in [0.15, 0.2) is 0 Å². The highest BCUT2D eigenvalue weighted by Gasteiger charge is 2.22. The van der Waals surface area contributed by atoms with Crippen molar-refractivity contribution in [2.24, 2.45) is 0 Å². The Morgan fingerprint density at radius 2 is 1.00 bits per heavy atom. The van der Waals surface area contributed by atoms with E-state index in [4.69, 9.17) is 10.2 Å². The maximum absolute atomic E-state index is 12.1. The fourth-order valence-electron chi connectivity index (χ4n) is 2.85. The van der Waals surface area contributed by atoms with Gasteiger partial charge in [0.1, 0.15) is 4.90 Å². The van der Waals surface area contributed by atoms with Gasteiger partial charge in [-0.05, 0) is 35.4 Å². The minimum Gasteiger partial charge on any atom is -0.478 e. The molecule has 7 nitrogen and oxygen atoms in total. The number of carboxylic acids is 2. The van der Waals surface area contributed by atoms with Gasteiger partial charge in [-0.3, -0.25) is 4.55 Å². The van der Waals surface area contributed by atoms with Crippen LogP contribution < -0.4 is 0 Å². The lowest BCUT2D eigenvalue weighted by Crippen LogP contribution is -2.04. The van der Waals surface area contributed by atoms with Gasteiger partial charge in [-0.2, -0.15) is 8.42 Å². The van der Waals surface area contributed by atoms with Crippen molar-refractivity contribution in [3.05, 3.63) is 77.9 Å². The lowest BCUT2D eigenvalue weighted by molar-refractivity contribution is 0.0686. The van der Waals surface area contributed by atoms with Gasteiger partial charge in [0.05, 0.1) is 11.1 Å². The molecule has 0 aliphatic rings. The van der Waals surface area contributed by atoms with Gasteiger partial charge >= 0.3 is 11.9 Å². The van der Waals surface area contributed by atoms with E-state index in [1.54, 1.807) is 6.07 Å². The van der Waals surface area contributed by atoms with Crippen molar-refractivity contribution in [1.29, 1.82) is 0 Å². The van der Waals surface area contributed by atoms with E-state index in [0.29, 0.717) is 11.1 Å². The van der Waals surface area contributed by atoms with E-state index in [1.807, 2.05) is 0 Å². The van der Waals surface area contributed by atoms with Crippen molar-refractivity contribution in [3.8, 4) is 22.3 Å². The van der Waals surface area contributed by atoms with Crippen LogP contribution in [0.25, 0.3) is 22.3 Å². The zero-order valence-corrected chi connectivity index (χ0v) is 15.1. The molecule has 0 heterocycles. The van der Waals surface area contributed by atoms with Crippen LogP contribution in [0.1, 0.15) is 20.7 Å². The molecule has 0 aliphatic heterocycles. The zero-order chi connectivity index (χ0) is 20.5. The third kappa shape index (κ3) is 3.78. The van der Waals surface area contributed by atoms with E-state index in [9.17, 15) is 22.6 Å². The average Bonchev–Trinajstić information content (AvgIpc) is 2.67. The lowest BCUT2D eigenvalue weighted by atomic mass is 9.97. The first-order valence-electron chi connectivity index (χ1n) is 7.96. The van der Waals surface area contributed by atoms with Crippen LogP contribution in [0.2, 0.25) is 0 Å². The fourth-order valence-corrected chi connectivity index (χ4v) is 3.78. The number of benzene rings is 3. The Morgan fingerprint density at radius 1 is 0.643 bits per heavy atom. The Morgan fingerprint density at radius 3 is 1.29 bits per heavy atom. The van der Waals surface area contributed by atoms with E-state index in [-0.39, 0.29) is 27.1 Å². The summed E-state index contributed by atoms with van der Waals surface area (Å²) in [7, 11) is -4.65. The SMILES string of the molecule is O=C(O)c1ccc(-c2cccc(-c3ccc(C(=O)O)cc3)c2S(=O)(=O)O)cc1. The molecule has 3 aromatic carbocycles. The third-order valence-electron chi connectivity index (χ3n) is 4.16. The number of rotatable bonds is 5. The van der Waals surface area contributed by atoms with Gasteiger partial charge in [0.25, 0.3) is 10.1 Å². The van der Waals surface area contributed by atoms with Crippen LogP contribution in [-0.4, -0.2) is 35.1 Å². The molecule has 3 N–H and O–H groups in total. The first kappa shape index (κ1) is 19.3. The van der Waals surface area contributed by atoms with Gasteiger partial charge < -0.3 is 10.2 Å². The second-order valence-corrected chi connectivity index (χ2v) is 7.28. The summed E-state index contributed by atoms with van der Waals surface area (Å²) in [6.07, 6.45) is 0. The van der Waals surface area contributed by atoms with Gasteiger partial charge in [-0.15, -0.1) is 0 Å². The molecule has 0 saturated carbocycles. The maximum Gasteiger partial charge on any atom is 0.335 e. The molecule has 0 bridgehead atoms. The Bertz CT molecular complexity index is 1090. The predicted molar refractivity (Wildman–Crippen MR) is 101 cm³/mol. The highest BCUT2D eigenvalue weighted by Crippen LogP contribution is 2.36. The van der Waals surface area contributed by atoms with Gasteiger partial charge in [0.2, 0.25) is 0 Å². The average molecular weight is 398 g/mol. The van der Waals surface area contributed by atoms with Crippen LogP contribution in [0.15, 0.2) is 71.6 Å². The number of carbonyl (C=O) groups is 2. The van der Waals surface area contributed by atoms with Gasteiger partial charge in [-0.1, -0.05) is 42.5 Å². The Labute approximate surface area is 160 Å². The fraction of sp³-hybridized carbons (Fsp3) is 0. The summed E-state index contributed by atoms with van der Waals surface area (Å²) < 4.78 is 34.1. The summed E-state index contributed by atoms with van der Waals surface area (Å²) in [5.74, 6) is -2.23. The molecule has 0 spiro atoms. The third-order valence-corrected chi connectivity index (χ3v) is 5.11. The van der Waals surface area contributed by atoms with Crippen molar-refractivity contribution in [3.63, 3.8) is 0 Å². The van der Waals surface area contributed by atoms with Crippen LogP contribution in [0, 0.1) is 0 Å². The van der Waals surface area contributed by atoms with Crippen LogP contribution in [0.5, 0.6) is 0 Å². The van der Waals surface area contributed by atoms with Crippen molar-refractivity contribution in [2.75, 3.05) is 0 Å². The van der Waals surface area contributed by atoms with E-state index in [1.165, 1.54) is 60.7 Å².